The summed E-state index contributed by atoms with van der Waals surface area (Å²) in [6.07, 6.45) is 0.176. The topological polar surface area (TPSA) is 46.5 Å². The Labute approximate surface area is 95.0 Å². The number of halogens is 2. The van der Waals surface area contributed by atoms with Gasteiger partial charge in [0.2, 0.25) is 0 Å². The fraction of sp³-hybridized carbons (Fsp3) is 0.300. The maximum atomic E-state index is 13.3. The smallest absolute Gasteiger partial charge is 0.303 e. The molecule has 1 aromatic carbocycles. The molecule has 0 saturated heterocycles. The van der Waals surface area contributed by atoms with Gasteiger partial charge in [0, 0.05) is 16.5 Å². The Morgan fingerprint density at radius 1 is 1.60 bits per heavy atom. The van der Waals surface area contributed by atoms with Crippen LogP contribution in [-0.2, 0) is 11.2 Å². The zero-order valence-corrected chi connectivity index (χ0v) is 9.67. The summed E-state index contributed by atoms with van der Waals surface area (Å²) < 4.78 is 18.8. The van der Waals surface area contributed by atoms with Crippen LogP contribution in [0.25, 0.3) is 0 Å². The molecule has 1 N–H and O–H groups in total. The molecule has 0 aliphatic rings. The summed E-state index contributed by atoms with van der Waals surface area (Å²) in [5.74, 6) is -1.31. The quantitative estimate of drug-likeness (QED) is 0.920. The average molecular weight is 277 g/mol. The van der Waals surface area contributed by atoms with Crippen LogP contribution >= 0.6 is 15.9 Å². The number of carboxylic acids is 1. The number of carbonyl (C=O) groups is 1. The molecule has 0 unspecified atom stereocenters. The third kappa shape index (κ3) is 2.92. The Morgan fingerprint density at radius 3 is 2.80 bits per heavy atom. The highest BCUT2D eigenvalue weighted by Crippen LogP contribution is 2.30. The van der Waals surface area contributed by atoms with E-state index in [0.717, 1.165) is 0 Å². The summed E-state index contributed by atoms with van der Waals surface area (Å²) in [4.78, 5) is 10.4. The second kappa shape index (κ2) is 5.11. The van der Waals surface area contributed by atoms with Crippen molar-refractivity contribution in [2.75, 3.05) is 7.11 Å². The lowest BCUT2D eigenvalue weighted by molar-refractivity contribution is -0.136. The highest BCUT2D eigenvalue weighted by molar-refractivity contribution is 9.10. The monoisotopic (exact) mass is 276 g/mol. The molecule has 0 aliphatic heterocycles. The molecule has 0 heterocycles. The SMILES string of the molecule is COc1c(F)ccc(Br)c1CCC(=O)O. The number of hydrogen-bond acceptors (Lipinski definition) is 2. The molecule has 0 spiro atoms. The van der Waals surface area contributed by atoms with Crippen LogP contribution in [-0.4, -0.2) is 18.2 Å². The molecule has 0 atom stereocenters. The Hall–Kier alpha value is -1.10. The first kappa shape index (κ1) is 12.0. The van der Waals surface area contributed by atoms with E-state index < -0.39 is 11.8 Å². The molecular formula is C10H10BrFO3. The van der Waals surface area contributed by atoms with Crippen molar-refractivity contribution in [2.45, 2.75) is 12.8 Å². The normalized spacial score (nSPS) is 10.1. The maximum absolute atomic E-state index is 13.3. The first-order chi connectivity index (χ1) is 7.06. The minimum atomic E-state index is -0.923. The molecule has 0 radical (unpaired) electrons. The zero-order valence-electron chi connectivity index (χ0n) is 8.09. The highest BCUT2D eigenvalue weighted by Gasteiger charge is 2.13. The first-order valence-corrected chi connectivity index (χ1v) is 5.08. The second-order valence-corrected chi connectivity index (χ2v) is 3.79. The van der Waals surface area contributed by atoms with E-state index in [0.29, 0.717) is 10.0 Å². The van der Waals surface area contributed by atoms with E-state index in [9.17, 15) is 9.18 Å². The minimum Gasteiger partial charge on any atom is -0.493 e. The van der Waals surface area contributed by atoms with Gasteiger partial charge in [0.05, 0.1) is 7.11 Å². The number of carboxylic acid groups (broad SMARTS) is 1. The van der Waals surface area contributed by atoms with Crippen LogP contribution in [0.1, 0.15) is 12.0 Å². The summed E-state index contributed by atoms with van der Waals surface area (Å²) in [5.41, 5.74) is 0.542. The predicted molar refractivity (Wildman–Crippen MR) is 56.6 cm³/mol. The molecule has 1 rings (SSSR count). The van der Waals surface area contributed by atoms with Crippen molar-refractivity contribution < 1.29 is 19.0 Å². The van der Waals surface area contributed by atoms with Gasteiger partial charge in [-0.15, -0.1) is 0 Å². The van der Waals surface area contributed by atoms with Crippen molar-refractivity contribution in [1.29, 1.82) is 0 Å². The van der Waals surface area contributed by atoms with E-state index in [2.05, 4.69) is 15.9 Å². The summed E-state index contributed by atoms with van der Waals surface area (Å²) in [6.45, 7) is 0. The second-order valence-electron chi connectivity index (χ2n) is 2.93. The number of rotatable bonds is 4. The Kier molecular flexibility index (Phi) is 4.08. The van der Waals surface area contributed by atoms with E-state index in [1.165, 1.54) is 19.2 Å². The van der Waals surface area contributed by atoms with Crippen molar-refractivity contribution in [3.05, 3.63) is 28.0 Å². The van der Waals surface area contributed by atoms with Gasteiger partial charge >= 0.3 is 5.97 Å². The molecule has 0 fully saturated rings. The van der Waals surface area contributed by atoms with Crippen LogP contribution in [0.5, 0.6) is 5.75 Å². The molecule has 0 amide bonds. The van der Waals surface area contributed by atoms with Gasteiger partial charge < -0.3 is 9.84 Å². The lowest BCUT2D eigenvalue weighted by atomic mass is 10.1. The molecule has 5 heteroatoms. The fourth-order valence-electron chi connectivity index (χ4n) is 1.26. The van der Waals surface area contributed by atoms with Crippen LogP contribution in [0.4, 0.5) is 4.39 Å². The third-order valence-corrected chi connectivity index (χ3v) is 2.69. The van der Waals surface area contributed by atoms with E-state index in [1.54, 1.807) is 0 Å². The predicted octanol–water partition coefficient (Wildman–Crippen LogP) is 2.61. The number of hydrogen-bond donors (Lipinski definition) is 1. The number of aliphatic carboxylic acids is 1. The van der Waals surface area contributed by atoms with Crippen molar-refractivity contribution in [3.63, 3.8) is 0 Å². The van der Waals surface area contributed by atoms with Crippen molar-refractivity contribution in [1.82, 2.24) is 0 Å². The molecule has 0 saturated carbocycles. The van der Waals surface area contributed by atoms with Gasteiger partial charge in [0.25, 0.3) is 0 Å². The van der Waals surface area contributed by atoms with Crippen molar-refractivity contribution in [3.8, 4) is 5.75 Å². The van der Waals surface area contributed by atoms with Gasteiger partial charge in [0.15, 0.2) is 11.6 Å². The van der Waals surface area contributed by atoms with Crippen molar-refractivity contribution in [2.24, 2.45) is 0 Å². The van der Waals surface area contributed by atoms with Crippen LogP contribution in [0.15, 0.2) is 16.6 Å². The Balaban J connectivity index is 3.02. The Bertz CT molecular complexity index is 379. The average Bonchev–Trinajstić information content (AvgIpc) is 2.19. The summed E-state index contributed by atoms with van der Waals surface area (Å²) >= 11 is 3.23. The standard InChI is InChI=1S/C10H10BrFO3/c1-15-10-6(2-5-9(13)14)7(11)3-4-8(10)12/h3-4H,2,5H2,1H3,(H,13,14). The molecule has 15 heavy (non-hydrogen) atoms. The molecule has 0 bridgehead atoms. The highest BCUT2D eigenvalue weighted by atomic mass is 79.9. The zero-order chi connectivity index (χ0) is 11.4. The molecule has 1 aromatic rings. The number of methoxy groups -OCH3 is 1. The lowest BCUT2D eigenvalue weighted by Gasteiger charge is -2.10. The van der Waals surface area contributed by atoms with Gasteiger partial charge in [-0.1, -0.05) is 15.9 Å². The summed E-state index contributed by atoms with van der Waals surface area (Å²) in [7, 11) is 1.36. The van der Waals surface area contributed by atoms with Crippen LogP contribution in [0.3, 0.4) is 0 Å². The van der Waals surface area contributed by atoms with Crippen LogP contribution < -0.4 is 4.74 Å². The molecular weight excluding hydrogens is 267 g/mol. The number of ether oxygens (including phenoxy) is 1. The lowest BCUT2D eigenvalue weighted by Crippen LogP contribution is -2.01. The van der Waals surface area contributed by atoms with E-state index >= 15 is 0 Å². The maximum Gasteiger partial charge on any atom is 0.303 e. The van der Waals surface area contributed by atoms with Crippen molar-refractivity contribution >= 4 is 21.9 Å². The minimum absolute atomic E-state index is 0.0571. The fourth-order valence-corrected chi connectivity index (χ4v) is 1.77. The molecule has 82 valence electrons. The Morgan fingerprint density at radius 2 is 2.27 bits per heavy atom. The third-order valence-electron chi connectivity index (χ3n) is 1.95. The van der Waals surface area contributed by atoms with Gasteiger partial charge in [-0.3, -0.25) is 4.79 Å². The van der Waals surface area contributed by atoms with E-state index in [-0.39, 0.29) is 18.6 Å². The van der Waals surface area contributed by atoms with Gasteiger partial charge in [-0.05, 0) is 18.6 Å². The van der Waals surface area contributed by atoms with E-state index in [1.807, 2.05) is 0 Å². The number of benzene rings is 1. The largest absolute Gasteiger partial charge is 0.493 e. The summed E-state index contributed by atoms with van der Waals surface area (Å²) in [6, 6.07) is 2.81. The molecule has 3 nitrogen and oxygen atoms in total. The van der Waals surface area contributed by atoms with Crippen LogP contribution in [0.2, 0.25) is 0 Å². The van der Waals surface area contributed by atoms with Gasteiger partial charge in [0.1, 0.15) is 0 Å². The van der Waals surface area contributed by atoms with Gasteiger partial charge in [-0.25, -0.2) is 4.39 Å². The van der Waals surface area contributed by atoms with Crippen LogP contribution in [0, 0.1) is 5.82 Å². The first-order valence-electron chi connectivity index (χ1n) is 4.29. The molecule has 0 aromatic heterocycles. The van der Waals surface area contributed by atoms with Gasteiger partial charge in [-0.2, -0.15) is 0 Å². The van der Waals surface area contributed by atoms with E-state index in [4.69, 9.17) is 9.84 Å². The molecule has 0 aliphatic carbocycles. The summed E-state index contributed by atoms with van der Waals surface area (Å²) in [5, 5.41) is 8.55.